The van der Waals surface area contributed by atoms with E-state index in [2.05, 4.69) is 16.3 Å². The second-order valence-corrected chi connectivity index (χ2v) is 7.39. The molecule has 1 aromatic heterocycles. The van der Waals surface area contributed by atoms with Crippen molar-refractivity contribution in [2.45, 2.75) is 58.5 Å². The maximum absolute atomic E-state index is 11.8. The average Bonchev–Trinajstić information content (AvgIpc) is 3.09. The zero-order chi connectivity index (χ0) is 20.6. The molecule has 3 aromatic rings. The monoisotopic (exact) mass is 389 g/mol. The van der Waals surface area contributed by atoms with Gasteiger partial charge in [-0.2, -0.15) is 0 Å². The molecule has 5 heteroatoms. The fraction of sp³-hybridized carbons (Fsp3) is 0.375. The van der Waals surface area contributed by atoms with Crippen molar-refractivity contribution in [3.63, 3.8) is 0 Å². The van der Waals surface area contributed by atoms with Gasteiger partial charge in [-0.25, -0.2) is 6.57 Å². The third kappa shape index (κ3) is 4.65. The number of fused-ring (bicyclic) bond motifs is 1. The number of benzene rings is 2. The van der Waals surface area contributed by atoms with E-state index in [1.807, 2.05) is 42.5 Å². The minimum atomic E-state index is -0.341. The summed E-state index contributed by atoms with van der Waals surface area (Å²) in [5.74, 6) is 0. The van der Waals surface area contributed by atoms with E-state index in [1.165, 1.54) is 25.7 Å². The molecule has 0 saturated heterocycles. The minimum absolute atomic E-state index is 0.0233. The van der Waals surface area contributed by atoms with Gasteiger partial charge in [0, 0.05) is 12.2 Å². The fourth-order valence-corrected chi connectivity index (χ4v) is 3.93. The van der Waals surface area contributed by atoms with Gasteiger partial charge in [0.1, 0.15) is 5.56 Å². The molecule has 1 heterocycles. The van der Waals surface area contributed by atoms with Crippen molar-refractivity contribution < 1.29 is 4.92 Å². The van der Waals surface area contributed by atoms with Crippen molar-refractivity contribution in [3.8, 4) is 11.3 Å². The average molecular weight is 389 g/mol. The van der Waals surface area contributed by atoms with Gasteiger partial charge in [0.15, 0.2) is 0 Å². The molecule has 0 fully saturated rings. The molecule has 29 heavy (non-hydrogen) atoms. The lowest BCUT2D eigenvalue weighted by molar-refractivity contribution is -0.383. The number of hydrogen-bond acceptors (Lipinski definition) is 2. The van der Waals surface area contributed by atoms with Crippen LogP contribution in [0.2, 0.25) is 0 Å². The standard InChI is InChI=1S/C24H27N3O2/c1-3-4-5-6-7-11-16-26-22-15-14-20(18-25-2)24(27(28)29)21(22)17-23(26)19-12-9-8-10-13-19/h8-10,12-15,17H,3-7,11,16,18H2,1H3. The van der Waals surface area contributed by atoms with Gasteiger partial charge in [0.05, 0.1) is 15.8 Å². The van der Waals surface area contributed by atoms with Gasteiger partial charge < -0.3 is 9.41 Å². The Bertz CT molecular complexity index is 1020. The second kappa shape index (κ2) is 9.88. The SMILES string of the molecule is [C-]#[N+]Cc1ccc2c(cc(-c3ccccc3)n2CCCCCCCC)c1[N+](=O)[O-]. The van der Waals surface area contributed by atoms with Crippen molar-refractivity contribution in [3.05, 3.63) is 75.6 Å². The molecule has 0 aliphatic heterocycles. The van der Waals surface area contributed by atoms with Crippen LogP contribution in [0, 0.1) is 16.7 Å². The van der Waals surface area contributed by atoms with Crippen LogP contribution in [0.25, 0.3) is 27.0 Å². The Hall–Kier alpha value is -3.13. The molecule has 2 aromatic carbocycles. The molecule has 0 N–H and O–H groups in total. The quantitative estimate of drug-likeness (QED) is 0.162. The Labute approximate surface area is 171 Å². The summed E-state index contributed by atoms with van der Waals surface area (Å²) in [5.41, 5.74) is 3.47. The minimum Gasteiger partial charge on any atom is -0.340 e. The van der Waals surface area contributed by atoms with Gasteiger partial charge in [-0.3, -0.25) is 10.1 Å². The Balaban J connectivity index is 2.03. The molecule has 5 nitrogen and oxygen atoms in total. The van der Waals surface area contributed by atoms with Gasteiger partial charge in [0.25, 0.3) is 5.69 Å². The van der Waals surface area contributed by atoms with E-state index in [0.29, 0.717) is 10.9 Å². The fourth-order valence-electron chi connectivity index (χ4n) is 3.93. The molecular weight excluding hydrogens is 362 g/mol. The topological polar surface area (TPSA) is 52.4 Å². The van der Waals surface area contributed by atoms with Crippen molar-refractivity contribution in [1.29, 1.82) is 0 Å². The maximum Gasteiger partial charge on any atom is 0.289 e. The first-order valence-electron chi connectivity index (χ1n) is 10.4. The lowest BCUT2D eigenvalue weighted by Crippen LogP contribution is -2.01. The van der Waals surface area contributed by atoms with Crippen LogP contribution in [0.5, 0.6) is 0 Å². The molecule has 3 rings (SSSR count). The molecule has 0 atom stereocenters. The lowest BCUT2D eigenvalue weighted by Gasteiger charge is -2.11. The zero-order valence-electron chi connectivity index (χ0n) is 16.9. The largest absolute Gasteiger partial charge is 0.340 e. The van der Waals surface area contributed by atoms with Crippen LogP contribution in [0.3, 0.4) is 0 Å². The van der Waals surface area contributed by atoms with E-state index >= 15 is 0 Å². The number of aromatic nitrogens is 1. The molecule has 0 radical (unpaired) electrons. The summed E-state index contributed by atoms with van der Waals surface area (Å²) in [4.78, 5) is 14.8. The summed E-state index contributed by atoms with van der Waals surface area (Å²) in [7, 11) is 0. The van der Waals surface area contributed by atoms with E-state index in [1.54, 1.807) is 6.07 Å². The predicted octanol–water partition coefficient (Wildman–Crippen LogP) is 7.00. The summed E-state index contributed by atoms with van der Waals surface area (Å²) in [6.07, 6.45) is 7.20. The van der Waals surface area contributed by atoms with Gasteiger partial charge in [-0.1, -0.05) is 69.4 Å². The first-order valence-corrected chi connectivity index (χ1v) is 10.4. The van der Waals surface area contributed by atoms with Gasteiger partial charge >= 0.3 is 0 Å². The maximum atomic E-state index is 11.8. The molecule has 0 unspecified atom stereocenters. The summed E-state index contributed by atoms with van der Waals surface area (Å²) >= 11 is 0. The highest BCUT2D eigenvalue weighted by Crippen LogP contribution is 2.36. The van der Waals surface area contributed by atoms with Crippen LogP contribution in [0.15, 0.2) is 48.5 Å². The summed E-state index contributed by atoms with van der Waals surface area (Å²) < 4.78 is 2.21. The number of hydrogen-bond donors (Lipinski definition) is 0. The highest BCUT2D eigenvalue weighted by molar-refractivity contribution is 5.95. The molecule has 0 amide bonds. The molecule has 0 aliphatic rings. The number of unbranched alkanes of at least 4 members (excludes halogenated alkanes) is 5. The van der Waals surface area contributed by atoms with E-state index in [-0.39, 0.29) is 17.2 Å². The van der Waals surface area contributed by atoms with Gasteiger partial charge in [-0.15, -0.1) is 0 Å². The molecular formula is C24H27N3O2. The van der Waals surface area contributed by atoms with Gasteiger partial charge in [-0.05, 0) is 30.2 Å². The molecule has 0 bridgehead atoms. The Morgan fingerprint density at radius 3 is 2.45 bits per heavy atom. The molecule has 0 saturated carbocycles. The van der Waals surface area contributed by atoms with E-state index in [4.69, 9.17) is 6.57 Å². The molecule has 0 spiro atoms. The first kappa shape index (κ1) is 20.6. The number of rotatable bonds is 10. The second-order valence-electron chi connectivity index (χ2n) is 7.39. The van der Waals surface area contributed by atoms with Crippen LogP contribution >= 0.6 is 0 Å². The van der Waals surface area contributed by atoms with Crippen LogP contribution in [-0.4, -0.2) is 9.49 Å². The normalized spacial score (nSPS) is 10.9. The van der Waals surface area contributed by atoms with Crippen LogP contribution in [0.4, 0.5) is 5.69 Å². The van der Waals surface area contributed by atoms with Gasteiger partial charge in [0.2, 0.25) is 6.54 Å². The third-order valence-electron chi connectivity index (χ3n) is 5.38. The first-order chi connectivity index (χ1) is 14.2. The predicted molar refractivity (Wildman–Crippen MR) is 118 cm³/mol. The van der Waals surface area contributed by atoms with E-state index in [9.17, 15) is 10.1 Å². The summed E-state index contributed by atoms with van der Waals surface area (Å²) in [6.45, 7) is 10.2. The van der Waals surface area contributed by atoms with Crippen molar-refractivity contribution in [1.82, 2.24) is 4.57 Å². The van der Waals surface area contributed by atoms with Crippen LogP contribution in [0.1, 0.15) is 51.0 Å². The summed E-state index contributed by atoms with van der Waals surface area (Å²) in [6, 6.07) is 15.6. The number of nitro groups is 1. The lowest BCUT2D eigenvalue weighted by atomic mass is 10.1. The van der Waals surface area contributed by atoms with Crippen molar-refractivity contribution >= 4 is 16.6 Å². The summed E-state index contributed by atoms with van der Waals surface area (Å²) in [5, 5.41) is 12.4. The van der Waals surface area contributed by atoms with Crippen LogP contribution < -0.4 is 0 Å². The highest BCUT2D eigenvalue weighted by Gasteiger charge is 2.24. The number of nitro benzene ring substituents is 1. The third-order valence-corrected chi connectivity index (χ3v) is 5.38. The molecule has 150 valence electrons. The molecule has 0 aliphatic carbocycles. The highest BCUT2D eigenvalue weighted by atomic mass is 16.6. The van der Waals surface area contributed by atoms with Crippen molar-refractivity contribution in [2.75, 3.05) is 0 Å². The van der Waals surface area contributed by atoms with E-state index in [0.717, 1.165) is 36.2 Å². The zero-order valence-corrected chi connectivity index (χ0v) is 16.9. The number of nitrogens with zero attached hydrogens (tertiary/aromatic N) is 3. The Kier molecular flexibility index (Phi) is 7.02. The number of aryl methyl sites for hydroxylation is 1. The Morgan fingerprint density at radius 2 is 1.76 bits per heavy atom. The van der Waals surface area contributed by atoms with Crippen LogP contribution in [-0.2, 0) is 13.1 Å². The van der Waals surface area contributed by atoms with E-state index < -0.39 is 0 Å². The van der Waals surface area contributed by atoms with Crippen molar-refractivity contribution in [2.24, 2.45) is 0 Å². The Morgan fingerprint density at radius 1 is 1.03 bits per heavy atom. The smallest absolute Gasteiger partial charge is 0.289 e.